The van der Waals surface area contributed by atoms with Gasteiger partial charge in [-0.2, -0.15) is 0 Å². The van der Waals surface area contributed by atoms with Crippen LogP contribution in [0.4, 0.5) is 0 Å². The second-order valence-corrected chi connectivity index (χ2v) is 9.10. The summed E-state index contributed by atoms with van der Waals surface area (Å²) in [5.74, 6) is 2.15. The molecule has 5 rings (SSSR count). The largest absolute Gasteiger partial charge is 0.454 e. The first-order chi connectivity index (χ1) is 15.2. The third-order valence-electron chi connectivity index (χ3n) is 5.63. The van der Waals surface area contributed by atoms with Crippen LogP contribution in [0.3, 0.4) is 0 Å². The zero-order chi connectivity index (χ0) is 21.2. The zero-order valence-electron chi connectivity index (χ0n) is 17.3. The normalized spacial score (nSPS) is 16.4. The molecule has 1 aliphatic heterocycles. The highest BCUT2D eigenvalue weighted by molar-refractivity contribution is 8.00. The van der Waals surface area contributed by atoms with Crippen LogP contribution >= 0.6 is 11.8 Å². The van der Waals surface area contributed by atoms with Gasteiger partial charge in [0.05, 0.1) is 5.25 Å². The molecule has 7 nitrogen and oxygen atoms in total. The van der Waals surface area contributed by atoms with E-state index in [-0.39, 0.29) is 18.0 Å². The molecule has 0 saturated heterocycles. The van der Waals surface area contributed by atoms with Crippen molar-refractivity contribution in [3.8, 4) is 28.6 Å². The lowest BCUT2D eigenvalue weighted by atomic mass is 10.2. The molecule has 1 aliphatic carbocycles. The summed E-state index contributed by atoms with van der Waals surface area (Å²) in [4.78, 5) is 12.7. The molecule has 0 radical (unpaired) electrons. The monoisotopic (exact) mass is 436 g/mol. The van der Waals surface area contributed by atoms with E-state index in [4.69, 9.17) is 9.47 Å². The van der Waals surface area contributed by atoms with Gasteiger partial charge in [0.25, 0.3) is 0 Å². The van der Waals surface area contributed by atoms with Gasteiger partial charge in [-0.3, -0.25) is 9.36 Å². The summed E-state index contributed by atoms with van der Waals surface area (Å²) in [6, 6.07) is 16.0. The third kappa shape index (κ3) is 4.12. The minimum Gasteiger partial charge on any atom is -0.454 e. The van der Waals surface area contributed by atoms with Crippen LogP contribution in [-0.2, 0) is 4.79 Å². The molecule has 31 heavy (non-hydrogen) atoms. The fourth-order valence-electron chi connectivity index (χ4n) is 3.98. The first kappa shape index (κ1) is 19.9. The van der Waals surface area contributed by atoms with Gasteiger partial charge in [-0.25, -0.2) is 0 Å². The van der Waals surface area contributed by atoms with Crippen molar-refractivity contribution >= 4 is 17.7 Å². The Balaban J connectivity index is 1.45. The molecular weight excluding hydrogens is 412 g/mol. The van der Waals surface area contributed by atoms with Crippen LogP contribution in [0.25, 0.3) is 17.1 Å². The van der Waals surface area contributed by atoms with Crippen LogP contribution in [0, 0.1) is 0 Å². The van der Waals surface area contributed by atoms with E-state index in [0.29, 0.717) is 22.8 Å². The first-order valence-electron chi connectivity index (χ1n) is 10.6. The fraction of sp³-hybridized carbons (Fsp3) is 0.348. The van der Waals surface area contributed by atoms with Crippen molar-refractivity contribution in [2.24, 2.45) is 0 Å². The van der Waals surface area contributed by atoms with E-state index >= 15 is 0 Å². The molecule has 1 aromatic heterocycles. The number of carbonyl (C=O) groups excluding carboxylic acids is 1. The van der Waals surface area contributed by atoms with E-state index in [1.54, 1.807) is 0 Å². The molecule has 3 aromatic rings. The van der Waals surface area contributed by atoms with Gasteiger partial charge in [0, 0.05) is 17.3 Å². The number of benzene rings is 2. The molecule has 1 saturated carbocycles. The SMILES string of the molecule is CC(Sc1nnc(-c2ccc3c(c2)OCO3)n1-c1ccccc1)C(=O)NC1CCCC1. The number of nitrogens with one attached hydrogen (secondary N) is 1. The molecule has 1 atom stereocenters. The molecule has 2 heterocycles. The van der Waals surface area contributed by atoms with E-state index in [1.165, 1.54) is 24.6 Å². The lowest BCUT2D eigenvalue weighted by molar-refractivity contribution is -0.120. The van der Waals surface area contributed by atoms with Crippen molar-refractivity contribution in [1.82, 2.24) is 20.1 Å². The van der Waals surface area contributed by atoms with Gasteiger partial charge in [-0.1, -0.05) is 42.8 Å². The number of hydrogen-bond acceptors (Lipinski definition) is 6. The number of fused-ring (bicyclic) bond motifs is 1. The highest BCUT2D eigenvalue weighted by Gasteiger charge is 2.25. The highest BCUT2D eigenvalue weighted by atomic mass is 32.2. The quantitative estimate of drug-likeness (QED) is 0.584. The second-order valence-electron chi connectivity index (χ2n) is 7.80. The van der Waals surface area contributed by atoms with Crippen LogP contribution < -0.4 is 14.8 Å². The van der Waals surface area contributed by atoms with Gasteiger partial charge >= 0.3 is 0 Å². The van der Waals surface area contributed by atoms with Gasteiger partial charge < -0.3 is 14.8 Å². The summed E-state index contributed by atoms with van der Waals surface area (Å²) < 4.78 is 13.0. The van der Waals surface area contributed by atoms with Crippen molar-refractivity contribution in [2.75, 3.05) is 6.79 Å². The maximum absolute atomic E-state index is 12.7. The van der Waals surface area contributed by atoms with Gasteiger partial charge in [0.1, 0.15) is 0 Å². The minimum atomic E-state index is -0.281. The summed E-state index contributed by atoms with van der Waals surface area (Å²) in [5.41, 5.74) is 1.81. The van der Waals surface area contributed by atoms with E-state index in [0.717, 1.165) is 29.8 Å². The molecule has 1 unspecified atom stereocenters. The predicted molar refractivity (Wildman–Crippen MR) is 119 cm³/mol. The number of hydrogen-bond donors (Lipinski definition) is 1. The molecule has 0 bridgehead atoms. The van der Waals surface area contributed by atoms with Gasteiger partial charge in [-0.05, 0) is 50.1 Å². The summed E-state index contributed by atoms with van der Waals surface area (Å²) in [6.45, 7) is 2.14. The lowest BCUT2D eigenvalue weighted by Crippen LogP contribution is -2.37. The number of thioether (sulfide) groups is 1. The zero-order valence-corrected chi connectivity index (χ0v) is 18.1. The Kier molecular flexibility index (Phi) is 5.55. The topological polar surface area (TPSA) is 78.3 Å². The Morgan fingerprint density at radius 2 is 1.87 bits per heavy atom. The van der Waals surface area contributed by atoms with Crippen molar-refractivity contribution < 1.29 is 14.3 Å². The van der Waals surface area contributed by atoms with Crippen molar-refractivity contribution in [3.05, 3.63) is 48.5 Å². The Labute approximate surface area is 185 Å². The number of rotatable bonds is 6. The van der Waals surface area contributed by atoms with Gasteiger partial charge in [0.15, 0.2) is 22.5 Å². The second kappa shape index (κ2) is 8.63. The Hall–Kier alpha value is -3.00. The molecule has 1 amide bonds. The van der Waals surface area contributed by atoms with Crippen LogP contribution in [-0.4, -0.2) is 38.8 Å². The molecule has 0 spiro atoms. The van der Waals surface area contributed by atoms with Gasteiger partial charge in [-0.15, -0.1) is 10.2 Å². The van der Waals surface area contributed by atoms with E-state index in [9.17, 15) is 4.79 Å². The molecule has 8 heteroatoms. The minimum absolute atomic E-state index is 0.0455. The summed E-state index contributed by atoms with van der Waals surface area (Å²) in [7, 11) is 0. The van der Waals surface area contributed by atoms with E-state index in [1.807, 2.05) is 60.0 Å². The summed E-state index contributed by atoms with van der Waals surface area (Å²) in [5, 5.41) is 12.5. The number of aromatic nitrogens is 3. The van der Waals surface area contributed by atoms with Crippen LogP contribution in [0.15, 0.2) is 53.7 Å². The van der Waals surface area contributed by atoms with Crippen LogP contribution in [0.2, 0.25) is 0 Å². The average Bonchev–Trinajstić information content (AvgIpc) is 3.54. The van der Waals surface area contributed by atoms with Gasteiger partial charge in [0.2, 0.25) is 12.7 Å². The van der Waals surface area contributed by atoms with Crippen LogP contribution in [0.5, 0.6) is 11.5 Å². The molecular formula is C23H24N4O3S. The van der Waals surface area contributed by atoms with Crippen molar-refractivity contribution in [2.45, 2.75) is 49.1 Å². The first-order valence-corrected chi connectivity index (χ1v) is 11.4. The predicted octanol–water partition coefficient (Wildman–Crippen LogP) is 4.20. The molecule has 2 aromatic carbocycles. The standard InChI is InChI=1S/C23H24N4O3S/c1-15(22(28)24-17-7-5-6-8-17)31-23-26-25-21(27(23)18-9-3-2-4-10-18)16-11-12-19-20(13-16)30-14-29-19/h2-4,9-13,15,17H,5-8,14H2,1H3,(H,24,28). The summed E-state index contributed by atoms with van der Waals surface area (Å²) >= 11 is 1.42. The Morgan fingerprint density at radius 3 is 2.68 bits per heavy atom. The molecule has 160 valence electrons. The Morgan fingerprint density at radius 1 is 1.10 bits per heavy atom. The van der Waals surface area contributed by atoms with E-state index in [2.05, 4.69) is 15.5 Å². The average molecular weight is 437 g/mol. The summed E-state index contributed by atoms with van der Waals surface area (Å²) in [6.07, 6.45) is 4.51. The number of carbonyl (C=O) groups is 1. The fourth-order valence-corrected chi connectivity index (χ4v) is 4.86. The maximum atomic E-state index is 12.7. The highest BCUT2D eigenvalue weighted by Crippen LogP contribution is 2.37. The van der Waals surface area contributed by atoms with Crippen molar-refractivity contribution in [1.29, 1.82) is 0 Å². The molecule has 1 fully saturated rings. The van der Waals surface area contributed by atoms with Crippen LogP contribution in [0.1, 0.15) is 32.6 Å². The third-order valence-corrected chi connectivity index (χ3v) is 6.67. The smallest absolute Gasteiger partial charge is 0.233 e. The lowest BCUT2D eigenvalue weighted by Gasteiger charge is -2.17. The molecule has 2 aliphatic rings. The molecule has 1 N–H and O–H groups in total. The van der Waals surface area contributed by atoms with Crippen molar-refractivity contribution in [3.63, 3.8) is 0 Å². The number of amides is 1. The number of ether oxygens (including phenoxy) is 2. The number of nitrogens with zero attached hydrogens (tertiary/aromatic N) is 3. The maximum Gasteiger partial charge on any atom is 0.233 e. The van der Waals surface area contributed by atoms with E-state index < -0.39 is 0 Å². The number of para-hydroxylation sites is 1. The Bertz CT molecular complexity index is 1080.